The lowest BCUT2D eigenvalue weighted by Crippen LogP contribution is -2.38. The van der Waals surface area contributed by atoms with Crippen molar-refractivity contribution in [2.75, 3.05) is 32.0 Å². The monoisotopic (exact) mass is 390 g/mol. The van der Waals surface area contributed by atoms with Crippen LogP contribution in [-0.4, -0.2) is 53.1 Å². The van der Waals surface area contributed by atoms with Gasteiger partial charge in [-0.1, -0.05) is 12.8 Å². The van der Waals surface area contributed by atoms with Gasteiger partial charge in [0.25, 0.3) is 0 Å². The molecule has 1 aromatic carbocycles. The minimum atomic E-state index is -3.74. The minimum Gasteiger partial charge on any atom is -0.494 e. The van der Waals surface area contributed by atoms with Crippen LogP contribution in [0.2, 0.25) is 0 Å². The molecule has 1 aliphatic rings. The molecule has 9 heteroatoms. The molecule has 1 N–H and O–H groups in total. The minimum absolute atomic E-state index is 0.0862. The molecule has 0 amide bonds. The third-order valence-electron chi connectivity index (χ3n) is 4.06. The lowest BCUT2D eigenvalue weighted by molar-refractivity contribution is 0.340. The Labute approximate surface area is 150 Å². The molecule has 25 heavy (non-hydrogen) atoms. The van der Waals surface area contributed by atoms with E-state index in [2.05, 4.69) is 4.72 Å². The Balaban J connectivity index is 1.92. The number of nitrogens with one attached hydrogen (secondary N) is 1. The molecule has 142 valence electrons. The predicted molar refractivity (Wildman–Crippen MR) is 96.6 cm³/mol. The largest absolute Gasteiger partial charge is 0.494 e. The van der Waals surface area contributed by atoms with Crippen LogP contribution in [0.15, 0.2) is 29.2 Å². The predicted octanol–water partition coefficient (Wildman–Crippen LogP) is 1.57. The summed E-state index contributed by atoms with van der Waals surface area (Å²) in [5.41, 5.74) is 0. The van der Waals surface area contributed by atoms with E-state index in [0.29, 0.717) is 25.4 Å². The Kier molecular flexibility index (Phi) is 7.24. The first kappa shape index (κ1) is 20.2. The SMILES string of the molecule is CCOc1ccc(S(=O)(=O)NCCS(=O)(=O)N2CCCCCC2)cc1. The van der Waals surface area contributed by atoms with Gasteiger partial charge in [-0.05, 0) is 44.0 Å². The fourth-order valence-electron chi connectivity index (χ4n) is 2.72. The molecule has 1 saturated heterocycles. The van der Waals surface area contributed by atoms with Gasteiger partial charge in [-0.25, -0.2) is 25.9 Å². The summed E-state index contributed by atoms with van der Waals surface area (Å²) in [6, 6.07) is 6.03. The molecular weight excluding hydrogens is 364 g/mol. The van der Waals surface area contributed by atoms with Crippen molar-refractivity contribution >= 4 is 20.0 Å². The molecule has 1 heterocycles. The first-order chi connectivity index (χ1) is 11.8. The fraction of sp³-hybridized carbons (Fsp3) is 0.625. The molecule has 0 spiro atoms. The van der Waals surface area contributed by atoms with E-state index in [1.54, 1.807) is 12.1 Å². The average molecular weight is 391 g/mol. The second-order valence-electron chi connectivity index (χ2n) is 5.93. The summed E-state index contributed by atoms with van der Waals surface area (Å²) in [7, 11) is -7.18. The number of ether oxygens (including phenoxy) is 1. The van der Waals surface area contributed by atoms with E-state index in [9.17, 15) is 16.8 Å². The van der Waals surface area contributed by atoms with Crippen molar-refractivity contribution in [2.24, 2.45) is 0 Å². The number of rotatable bonds is 8. The van der Waals surface area contributed by atoms with E-state index < -0.39 is 20.0 Å². The zero-order chi connectivity index (χ0) is 18.3. The Morgan fingerprint density at radius 3 is 2.16 bits per heavy atom. The van der Waals surface area contributed by atoms with Crippen LogP contribution in [0.25, 0.3) is 0 Å². The van der Waals surface area contributed by atoms with Crippen LogP contribution in [0.1, 0.15) is 32.6 Å². The molecule has 0 atom stereocenters. The third-order valence-corrected chi connectivity index (χ3v) is 7.40. The average Bonchev–Trinajstić information content (AvgIpc) is 2.85. The highest BCUT2D eigenvalue weighted by Gasteiger charge is 2.23. The zero-order valence-electron chi connectivity index (χ0n) is 14.5. The quantitative estimate of drug-likeness (QED) is 0.727. The van der Waals surface area contributed by atoms with E-state index in [4.69, 9.17) is 4.74 Å². The molecule has 1 aliphatic heterocycles. The van der Waals surface area contributed by atoms with E-state index in [1.165, 1.54) is 16.4 Å². The maximum absolute atomic E-state index is 12.4. The van der Waals surface area contributed by atoms with Gasteiger partial charge in [0.2, 0.25) is 20.0 Å². The molecule has 0 radical (unpaired) electrons. The second-order valence-corrected chi connectivity index (χ2v) is 9.79. The highest BCUT2D eigenvalue weighted by atomic mass is 32.2. The maximum atomic E-state index is 12.4. The molecule has 0 aromatic heterocycles. The first-order valence-electron chi connectivity index (χ1n) is 8.55. The van der Waals surface area contributed by atoms with Crippen LogP contribution in [0.5, 0.6) is 5.75 Å². The Hall–Kier alpha value is -1.16. The maximum Gasteiger partial charge on any atom is 0.240 e. The van der Waals surface area contributed by atoms with Crippen molar-refractivity contribution in [1.82, 2.24) is 9.03 Å². The van der Waals surface area contributed by atoms with Gasteiger partial charge < -0.3 is 4.74 Å². The van der Waals surface area contributed by atoms with Gasteiger partial charge >= 0.3 is 0 Å². The number of sulfonamides is 2. The van der Waals surface area contributed by atoms with Crippen molar-refractivity contribution in [3.63, 3.8) is 0 Å². The lowest BCUT2D eigenvalue weighted by Gasteiger charge is -2.19. The molecule has 1 aromatic rings. The summed E-state index contributed by atoms with van der Waals surface area (Å²) in [6.45, 7) is 3.24. The van der Waals surface area contributed by atoms with E-state index >= 15 is 0 Å². The van der Waals surface area contributed by atoms with Crippen molar-refractivity contribution in [2.45, 2.75) is 37.5 Å². The van der Waals surface area contributed by atoms with Crippen molar-refractivity contribution in [3.8, 4) is 5.75 Å². The van der Waals surface area contributed by atoms with Crippen LogP contribution >= 0.6 is 0 Å². The first-order valence-corrected chi connectivity index (χ1v) is 11.6. The summed E-state index contributed by atoms with van der Waals surface area (Å²) < 4.78 is 58.3. The van der Waals surface area contributed by atoms with Gasteiger partial charge in [0.1, 0.15) is 5.75 Å². The third kappa shape index (κ3) is 5.95. The van der Waals surface area contributed by atoms with Crippen molar-refractivity contribution in [1.29, 1.82) is 0 Å². The Morgan fingerprint density at radius 2 is 1.60 bits per heavy atom. The highest BCUT2D eigenvalue weighted by Crippen LogP contribution is 2.16. The van der Waals surface area contributed by atoms with E-state index in [1.807, 2.05) is 6.92 Å². The number of benzene rings is 1. The smallest absolute Gasteiger partial charge is 0.240 e. The molecule has 2 rings (SSSR count). The Morgan fingerprint density at radius 1 is 1.00 bits per heavy atom. The van der Waals surface area contributed by atoms with Crippen LogP contribution in [0, 0.1) is 0 Å². The molecule has 0 unspecified atom stereocenters. The van der Waals surface area contributed by atoms with E-state index in [-0.39, 0.29) is 17.2 Å². The summed E-state index contributed by atoms with van der Waals surface area (Å²) >= 11 is 0. The van der Waals surface area contributed by atoms with Gasteiger partial charge in [0.15, 0.2) is 0 Å². The van der Waals surface area contributed by atoms with Crippen LogP contribution in [-0.2, 0) is 20.0 Å². The van der Waals surface area contributed by atoms with Crippen LogP contribution in [0.4, 0.5) is 0 Å². The normalized spacial score (nSPS) is 17.2. The fourth-order valence-corrected chi connectivity index (χ4v) is 5.31. The van der Waals surface area contributed by atoms with Crippen molar-refractivity contribution < 1.29 is 21.6 Å². The standard InChI is InChI=1S/C16H26N2O5S2/c1-2-23-15-7-9-16(10-8-15)25(21,22)17-11-14-24(19,20)18-12-5-3-4-6-13-18/h7-10,17H,2-6,11-14H2,1H3. The van der Waals surface area contributed by atoms with Crippen LogP contribution in [0.3, 0.4) is 0 Å². The van der Waals surface area contributed by atoms with E-state index in [0.717, 1.165) is 25.7 Å². The highest BCUT2D eigenvalue weighted by molar-refractivity contribution is 7.90. The second kappa shape index (κ2) is 8.98. The molecular formula is C16H26N2O5S2. The summed E-state index contributed by atoms with van der Waals surface area (Å²) in [5.74, 6) is 0.355. The number of hydrogen-bond donors (Lipinski definition) is 1. The van der Waals surface area contributed by atoms with Gasteiger partial charge in [-0.3, -0.25) is 0 Å². The van der Waals surface area contributed by atoms with Gasteiger partial charge in [0.05, 0.1) is 17.3 Å². The van der Waals surface area contributed by atoms with Crippen LogP contribution < -0.4 is 9.46 Å². The summed E-state index contributed by atoms with van der Waals surface area (Å²) in [5, 5.41) is 0. The topological polar surface area (TPSA) is 92.8 Å². The summed E-state index contributed by atoms with van der Waals surface area (Å²) in [6.07, 6.45) is 3.79. The number of nitrogens with zero attached hydrogens (tertiary/aromatic N) is 1. The summed E-state index contributed by atoms with van der Waals surface area (Å²) in [4.78, 5) is 0.0862. The van der Waals surface area contributed by atoms with Gasteiger partial charge in [-0.15, -0.1) is 0 Å². The molecule has 7 nitrogen and oxygen atoms in total. The molecule has 0 saturated carbocycles. The van der Waals surface area contributed by atoms with Gasteiger partial charge in [-0.2, -0.15) is 0 Å². The molecule has 0 aliphatic carbocycles. The van der Waals surface area contributed by atoms with Crippen molar-refractivity contribution in [3.05, 3.63) is 24.3 Å². The molecule has 1 fully saturated rings. The van der Waals surface area contributed by atoms with Gasteiger partial charge in [0, 0.05) is 19.6 Å². The molecule has 0 bridgehead atoms. The Bertz CT molecular complexity index is 737. The number of hydrogen-bond acceptors (Lipinski definition) is 5. The zero-order valence-corrected chi connectivity index (χ0v) is 16.1. The lowest BCUT2D eigenvalue weighted by atomic mass is 10.2.